The van der Waals surface area contributed by atoms with E-state index in [1.54, 1.807) is 6.07 Å². The van der Waals surface area contributed by atoms with Crippen LogP contribution in [0.4, 0.5) is 5.69 Å². The zero-order valence-corrected chi connectivity index (χ0v) is 12.2. The minimum absolute atomic E-state index is 0.124. The highest BCUT2D eigenvalue weighted by molar-refractivity contribution is 5.94. The predicted octanol–water partition coefficient (Wildman–Crippen LogP) is 2.91. The van der Waals surface area contributed by atoms with Crippen LogP contribution in [0.3, 0.4) is 0 Å². The lowest BCUT2D eigenvalue weighted by Crippen LogP contribution is -2.35. The van der Waals surface area contributed by atoms with Crippen molar-refractivity contribution >= 4 is 11.6 Å². The average molecular weight is 263 g/mol. The fourth-order valence-corrected chi connectivity index (χ4v) is 2.42. The first-order valence-corrected chi connectivity index (χ1v) is 7.29. The maximum atomic E-state index is 12.7. The van der Waals surface area contributed by atoms with E-state index in [9.17, 15) is 4.79 Å². The number of aromatic nitrogens is 1. The SMILES string of the molecule is CCCN(CC1CC1)C(=O)c1cc(N)cn1C(C)C. The fourth-order valence-electron chi connectivity index (χ4n) is 2.42. The summed E-state index contributed by atoms with van der Waals surface area (Å²) in [4.78, 5) is 14.7. The van der Waals surface area contributed by atoms with Crippen LogP contribution >= 0.6 is 0 Å². The van der Waals surface area contributed by atoms with Gasteiger partial charge in [-0.2, -0.15) is 0 Å². The highest BCUT2D eigenvalue weighted by Gasteiger charge is 2.28. The Morgan fingerprint density at radius 2 is 2.21 bits per heavy atom. The zero-order chi connectivity index (χ0) is 14.0. The fraction of sp³-hybridized carbons (Fsp3) is 0.667. The molecule has 106 valence electrons. The van der Waals surface area contributed by atoms with Gasteiger partial charge in [-0.1, -0.05) is 6.92 Å². The van der Waals surface area contributed by atoms with Gasteiger partial charge in [-0.05, 0) is 45.1 Å². The van der Waals surface area contributed by atoms with Crippen LogP contribution in [0, 0.1) is 5.92 Å². The number of carbonyl (C=O) groups is 1. The van der Waals surface area contributed by atoms with Crippen molar-refractivity contribution in [3.05, 3.63) is 18.0 Å². The Morgan fingerprint density at radius 3 is 2.74 bits per heavy atom. The first-order chi connectivity index (χ1) is 9.02. The van der Waals surface area contributed by atoms with Gasteiger partial charge in [0.25, 0.3) is 5.91 Å². The normalized spacial score (nSPS) is 14.9. The third kappa shape index (κ3) is 3.31. The first-order valence-electron chi connectivity index (χ1n) is 7.29. The van der Waals surface area contributed by atoms with Crippen molar-refractivity contribution in [2.45, 2.75) is 46.1 Å². The number of nitrogen functional groups attached to an aromatic ring is 1. The lowest BCUT2D eigenvalue weighted by molar-refractivity contribution is 0.0735. The Kier molecular flexibility index (Phi) is 4.17. The minimum atomic E-state index is 0.124. The summed E-state index contributed by atoms with van der Waals surface area (Å²) < 4.78 is 1.98. The molecule has 1 fully saturated rings. The molecule has 0 radical (unpaired) electrons. The second kappa shape index (κ2) is 5.68. The number of carbonyl (C=O) groups excluding carboxylic acids is 1. The van der Waals surface area contributed by atoms with Gasteiger partial charge < -0.3 is 15.2 Å². The molecule has 1 aliphatic rings. The maximum absolute atomic E-state index is 12.7. The second-order valence-corrected chi connectivity index (χ2v) is 5.85. The van der Waals surface area contributed by atoms with E-state index in [-0.39, 0.29) is 11.9 Å². The van der Waals surface area contributed by atoms with Gasteiger partial charge in [-0.3, -0.25) is 4.79 Å². The summed E-state index contributed by atoms with van der Waals surface area (Å²) in [6, 6.07) is 2.05. The summed E-state index contributed by atoms with van der Waals surface area (Å²) >= 11 is 0. The van der Waals surface area contributed by atoms with Crippen LogP contribution in [-0.2, 0) is 0 Å². The van der Waals surface area contributed by atoms with Gasteiger partial charge in [-0.25, -0.2) is 0 Å². The molecular weight excluding hydrogens is 238 g/mol. The third-order valence-electron chi connectivity index (χ3n) is 3.60. The molecule has 4 nitrogen and oxygen atoms in total. The van der Waals surface area contributed by atoms with Crippen LogP contribution in [0.25, 0.3) is 0 Å². The van der Waals surface area contributed by atoms with Gasteiger partial charge in [0.1, 0.15) is 5.69 Å². The van der Waals surface area contributed by atoms with Crippen LogP contribution in [0.15, 0.2) is 12.3 Å². The Bertz CT molecular complexity index is 446. The van der Waals surface area contributed by atoms with Gasteiger partial charge in [-0.15, -0.1) is 0 Å². The molecular formula is C15H25N3O. The topological polar surface area (TPSA) is 51.3 Å². The largest absolute Gasteiger partial charge is 0.397 e. The molecule has 1 saturated carbocycles. The Labute approximate surface area is 115 Å². The summed E-state index contributed by atoms with van der Waals surface area (Å²) in [5.41, 5.74) is 7.24. The molecule has 0 bridgehead atoms. The zero-order valence-electron chi connectivity index (χ0n) is 12.2. The molecule has 2 rings (SSSR count). The van der Waals surface area contributed by atoms with Crippen LogP contribution in [-0.4, -0.2) is 28.5 Å². The molecule has 1 aromatic rings. The van der Waals surface area contributed by atoms with Crippen LogP contribution in [0.5, 0.6) is 0 Å². The maximum Gasteiger partial charge on any atom is 0.270 e. The standard InChI is InChI=1S/C15H25N3O/c1-4-7-17(9-12-5-6-12)15(19)14-8-13(16)10-18(14)11(2)3/h8,10-12H,4-7,9,16H2,1-3H3. The average Bonchev–Trinajstić information content (AvgIpc) is 3.08. The lowest BCUT2D eigenvalue weighted by atomic mass is 10.2. The molecule has 0 atom stereocenters. The van der Waals surface area contributed by atoms with Gasteiger partial charge in [0.05, 0.1) is 5.69 Å². The van der Waals surface area contributed by atoms with Gasteiger partial charge >= 0.3 is 0 Å². The molecule has 0 aromatic carbocycles. The summed E-state index contributed by atoms with van der Waals surface area (Å²) in [7, 11) is 0. The second-order valence-electron chi connectivity index (χ2n) is 5.85. The number of amides is 1. The van der Waals surface area contributed by atoms with Gasteiger partial charge in [0.2, 0.25) is 0 Å². The van der Waals surface area contributed by atoms with Gasteiger partial charge in [0, 0.05) is 25.3 Å². The van der Waals surface area contributed by atoms with Crippen molar-refractivity contribution in [3.8, 4) is 0 Å². The number of nitrogens with zero attached hydrogens (tertiary/aromatic N) is 2. The van der Waals surface area contributed by atoms with Gasteiger partial charge in [0.15, 0.2) is 0 Å². The van der Waals surface area contributed by atoms with Crippen molar-refractivity contribution in [3.63, 3.8) is 0 Å². The highest BCUT2D eigenvalue weighted by Crippen LogP contribution is 2.30. The van der Waals surface area contributed by atoms with E-state index in [4.69, 9.17) is 5.73 Å². The summed E-state index contributed by atoms with van der Waals surface area (Å²) in [6.07, 6.45) is 5.39. The van der Waals surface area contributed by atoms with E-state index in [0.29, 0.717) is 5.69 Å². The molecule has 1 aromatic heterocycles. The number of rotatable bonds is 6. The van der Waals surface area contributed by atoms with Crippen molar-refractivity contribution in [1.29, 1.82) is 0 Å². The molecule has 0 saturated heterocycles. The molecule has 0 spiro atoms. The monoisotopic (exact) mass is 263 g/mol. The molecule has 2 N–H and O–H groups in total. The van der Waals surface area contributed by atoms with Crippen molar-refractivity contribution in [1.82, 2.24) is 9.47 Å². The molecule has 4 heteroatoms. The number of nitrogens with two attached hydrogens (primary N) is 1. The van der Waals surface area contributed by atoms with E-state index in [0.717, 1.165) is 31.1 Å². The van der Waals surface area contributed by atoms with E-state index >= 15 is 0 Å². The Morgan fingerprint density at radius 1 is 1.53 bits per heavy atom. The molecule has 1 heterocycles. The Balaban J connectivity index is 2.19. The first kappa shape index (κ1) is 14.0. The highest BCUT2D eigenvalue weighted by atomic mass is 16.2. The van der Waals surface area contributed by atoms with Crippen LogP contribution in [0.2, 0.25) is 0 Å². The van der Waals surface area contributed by atoms with Crippen LogP contribution in [0.1, 0.15) is 56.6 Å². The molecule has 0 aliphatic heterocycles. The number of anilines is 1. The molecule has 1 amide bonds. The summed E-state index contributed by atoms with van der Waals surface area (Å²) in [5.74, 6) is 0.842. The van der Waals surface area contributed by atoms with E-state index in [1.807, 2.05) is 15.7 Å². The smallest absolute Gasteiger partial charge is 0.270 e. The summed E-state index contributed by atoms with van der Waals surface area (Å²) in [5, 5.41) is 0. The number of hydrogen-bond acceptors (Lipinski definition) is 2. The minimum Gasteiger partial charge on any atom is -0.397 e. The van der Waals surface area contributed by atoms with E-state index in [1.165, 1.54) is 12.8 Å². The molecule has 19 heavy (non-hydrogen) atoms. The van der Waals surface area contributed by atoms with Crippen LogP contribution < -0.4 is 5.73 Å². The Hall–Kier alpha value is -1.45. The van der Waals surface area contributed by atoms with Crippen molar-refractivity contribution < 1.29 is 4.79 Å². The lowest BCUT2D eigenvalue weighted by Gasteiger charge is -2.23. The van der Waals surface area contributed by atoms with E-state index in [2.05, 4.69) is 20.8 Å². The third-order valence-corrected chi connectivity index (χ3v) is 3.60. The molecule has 0 unspecified atom stereocenters. The predicted molar refractivity (Wildman–Crippen MR) is 78.1 cm³/mol. The summed E-state index contributed by atoms with van der Waals surface area (Å²) in [6.45, 7) is 7.99. The van der Waals surface area contributed by atoms with Crippen molar-refractivity contribution in [2.75, 3.05) is 18.8 Å². The molecule has 1 aliphatic carbocycles. The number of hydrogen-bond donors (Lipinski definition) is 1. The van der Waals surface area contributed by atoms with E-state index < -0.39 is 0 Å². The quantitative estimate of drug-likeness (QED) is 0.858. The van der Waals surface area contributed by atoms with Crippen molar-refractivity contribution in [2.24, 2.45) is 5.92 Å².